The molecule has 1 saturated heterocycles. The summed E-state index contributed by atoms with van der Waals surface area (Å²) >= 11 is 1.51. The number of rotatable bonds is 6. The molecule has 1 amide bonds. The molecule has 0 saturated carbocycles. The summed E-state index contributed by atoms with van der Waals surface area (Å²) in [6, 6.07) is 14.2. The van der Waals surface area contributed by atoms with Crippen molar-refractivity contribution in [3.05, 3.63) is 76.5 Å². The molecule has 32 heavy (non-hydrogen) atoms. The summed E-state index contributed by atoms with van der Waals surface area (Å²) in [5, 5.41) is 2.82. The van der Waals surface area contributed by atoms with Crippen molar-refractivity contribution in [3.63, 3.8) is 0 Å². The number of sulfonamides is 1. The summed E-state index contributed by atoms with van der Waals surface area (Å²) in [5.74, 6) is -0.786. The van der Waals surface area contributed by atoms with Crippen LogP contribution in [0, 0.1) is 18.7 Å². The third kappa shape index (κ3) is 4.90. The molecule has 0 unspecified atom stereocenters. The molecule has 1 aliphatic heterocycles. The van der Waals surface area contributed by atoms with Gasteiger partial charge in [0.15, 0.2) is 0 Å². The van der Waals surface area contributed by atoms with Gasteiger partial charge in [-0.1, -0.05) is 18.2 Å². The fourth-order valence-corrected chi connectivity index (χ4v) is 5.96. The number of piperidine rings is 1. The number of aryl methyl sites for hydroxylation is 1. The van der Waals surface area contributed by atoms with Crippen molar-refractivity contribution in [1.29, 1.82) is 0 Å². The number of aromatic nitrogens is 1. The van der Waals surface area contributed by atoms with Gasteiger partial charge < -0.3 is 4.90 Å². The van der Waals surface area contributed by atoms with E-state index in [1.165, 1.54) is 27.8 Å². The molecule has 0 spiro atoms. The highest BCUT2D eigenvalue weighted by atomic mass is 32.2. The molecule has 4 rings (SSSR count). The van der Waals surface area contributed by atoms with Gasteiger partial charge >= 0.3 is 0 Å². The minimum absolute atomic E-state index is 0.0981. The fourth-order valence-electron chi connectivity index (χ4n) is 3.87. The van der Waals surface area contributed by atoms with Crippen LogP contribution in [0.3, 0.4) is 0 Å². The number of halogens is 1. The molecule has 9 heteroatoms. The minimum Gasteiger partial charge on any atom is -0.306 e. The van der Waals surface area contributed by atoms with Crippen LogP contribution in [0.1, 0.15) is 23.5 Å². The van der Waals surface area contributed by atoms with Gasteiger partial charge in [0.1, 0.15) is 5.82 Å². The van der Waals surface area contributed by atoms with Crippen molar-refractivity contribution >= 4 is 33.0 Å². The van der Waals surface area contributed by atoms with E-state index in [-0.39, 0.29) is 42.2 Å². The van der Waals surface area contributed by atoms with Crippen molar-refractivity contribution in [1.82, 2.24) is 9.29 Å². The highest BCUT2D eigenvalue weighted by molar-refractivity contribution is 7.89. The van der Waals surface area contributed by atoms with Crippen LogP contribution in [0.4, 0.5) is 10.1 Å². The number of amides is 1. The molecule has 168 valence electrons. The van der Waals surface area contributed by atoms with Crippen LogP contribution in [0.2, 0.25) is 0 Å². The smallest absolute Gasteiger partial charge is 0.243 e. The Morgan fingerprint density at radius 2 is 1.78 bits per heavy atom. The predicted octanol–water partition coefficient (Wildman–Crippen LogP) is 4.22. The topological polar surface area (TPSA) is 70.6 Å². The molecule has 0 bridgehead atoms. The van der Waals surface area contributed by atoms with E-state index in [2.05, 4.69) is 4.98 Å². The second-order valence-corrected chi connectivity index (χ2v) is 10.8. The number of benzene rings is 2. The number of nitrogens with zero attached hydrogens (tertiary/aromatic N) is 3. The van der Waals surface area contributed by atoms with Gasteiger partial charge in [-0.3, -0.25) is 4.79 Å². The van der Waals surface area contributed by atoms with Gasteiger partial charge in [-0.2, -0.15) is 4.31 Å². The second-order valence-electron chi connectivity index (χ2n) is 7.75. The van der Waals surface area contributed by atoms with Crippen LogP contribution in [-0.4, -0.2) is 36.7 Å². The van der Waals surface area contributed by atoms with Crippen LogP contribution >= 0.6 is 11.3 Å². The number of hydrogen-bond donors (Lipinski definition) is 0. The quantitative estimate of drug-likeness (QED) is 0.537. The molecule has 0 N–H and O–H groups in total. The largest absolute Gasteiger partial charge is 0.306 e. The number of carbonyl (C=O) groups is 1. The van der Waals surface area contributed by atoms with Crippen LogP contribution in [0.25, 0.3) is 0 Å². The van der Waals surface area contributed by atoms with Crippen LogP contribution in [-0.2, 0) is 21.4 Å². The summed E-state index contributed by atoms with van der Waals surface area (Å²) in [7, 11) is -3.58. The average Bonchev–Trinajstić information content (AvgIpc) is 3.23. The maximum atomic E-state index is 13.5. The fraction of sp³-hybridized carbons (Fsp3) is 0.304. The predicted molar refractivity (Wildman–Crippen MR) is 122 cm³/mol. The van der Waals surface area contributed by atoms with E-state index >= 15 is 0 Å². The van der Waals surface area contributed by atoms with Crippen LogP contribution in [0.15, 0.2) is 64.9 Å². The average molecular weight is 474 g/mol. The third-order valence-electron chi connectivity index (χ3n) is 5.58. The number of carbonyl (C=O) groups excluding carboxylic acids is 1. The lowest BCUT2D eigenvalue weighted by Gasteiger charge is -2.33. The van der Waals surface area contributed by atoms with E-state index in [4.69, 9.17) is 0 Å². The standard InChI is InChI=1S/C23H24FN3O3S2/c1-17-25-20(16-31-17)15-27(21-9-7-19(24)8-10-21)23(28)18-11-13-26(14-12-18)32(29,30)22-5-3-2-4-6-22/h2-10,16,18H,11-15H2,1H3. The van der Waals surface area contributed by atoms with Crippen molar-refractivity contribution < 1.29 is 17.6 Å². The molecule has 3 aromatic rings. The Morgan fingerprint density at radius 3 is 2.38 bits per heavy atom. The molecular formula is C23H24FN3O3S2. The number of hydrogen-bond acceptors (Lipinski definition) is 5. The lowest BCUT2D eigenvalue weighted by Crippen LogP contribution is -2.44. The first kappa shape index (κ1) is 22.6. The zero-order valence-corrected chi connectivity index (χ0v) is 19.3. The zero-order chi connectivity index (χ0) is 22.7. The van der Waals surface area contributed by atoms with E-state index in [0.29, 0.717) is 18.5 Å². The Kier molecular flexibility index (Phi) is 6.68. The van der Waals surface area contributed by atoms with Gasteiger partial charge in [-0.15, -0.1) is 11.3 Å². The Labute approximate surface area is 191 Å². The van der Waals surface area contributed by atoms with E-state index < -0.39 is 10.0 Å². The number of anilines is 1. The first-order chi connectivity index (χ1) is 15.3. The third-order valence-corrected chi connectivity index (χ3v) is 8.31. The molecule has 2 heterocycles. The summed E-state index contributed by atoms with van der Waals surface area (Å²) in [6.07, 6.45) is 0.859. The second kappa shape index (κ2) is 9.48. The Morgan fingerprint density at radius 1 is 1.12 bits per heavy atom. The van der Waals surface area contributed by atoms with Gasteiger partial charge in [0.2, 0.25) is 15.9 Å². The number of thiazole rings is 1. The molecule has 0 atom stereocenters. The van der Waals surface area contributed by atoms with Crippen molar-refractivity contribution in [3.8, 4) is 0 Å². The molecule has 1 aliphatic rings. The molecular weight excluding hydrogens is 449 g/mol. The zero-order valence-electron chi connectivity index (χ0n) is 17.6. The summed E-state index contributed by atoms with van der Waals surface area (Å²) in [5.41, 5.74) is 1.37. The maximum absolute atomic E-state index is 13.5. The Balaban J connectivity index is 1.50. The Hall–Kier alpha value is -2.62. The first-order valence-electron chi connectivity index (χ1n) is 10.4. The summed E-state index contributed by atoms with van der Waals surface area (Å²) in [6.45, 7) is 2.75. The SMILES string of the molecule is Cc1nc(CN(C(=O)C2CCN(S(=O)(=O)c3ccccc3)CC2)c2ccc(F)cc2)cs1. The van der Waals surface area contributed by atoms with Crippen LogP contribution in [0.5, 0.6) is 0 Å². The van der Waals surface area contributed by atoms with Gasteiger partial charge in [-0.25, -0.2) is 17.8 Å². The first-order valence-corrected chi connectivity index (χ1v) is 12.7. The molecule has 0 aliphatic carbocycles. The van der Waals surface area contributed by atoms with E-state index in [9.17, 15) is 17.6 Å². The van der Waals surface area contributed by atoms with E-state index in [1.54, 1.807) is 47.4 Å². The Bertz CT molecular complexity index is 1170. The molecule has 1 fully saturated rings. The summed E-state index contributed by atoms with van der Waals surface area (Å²) < 4.78 is 40.7. The van der Waals surface area contributed by atoms with Crippen molar-refractivity contribution in [2.24, 2.45) is 5.92 Å². The molecule has 1 aromatic heterocycles. The highest BCUT2D eigenvalue weighted by Crippen LogP contribution is 2.28. The normalized spacial score (nSPS) is 15.6. The van der Waals surface area contributed by atoms with Gasteiger partial charge in [0, 0.05) is 30.1 Å². The molecule has 2 aromatic carbocycles. The highest BCUT2D eigenvalue weighted by Gasteiger charge is 2.34. The lowest BCUT2D eigenvalue weighted by atomic mass is 9.96. The monoisotopic (exact) mass is 473 g/mol. The van der Waals surface area contributed by atoms with Gasteiger partial charge in [0.05, 0.1) is 22.1 Å². The summed E-state index contributed by atoms with van der Waals surface area (Å²) in [4.78, 5) is 19.8. The lowest BCUT2D eigenvalue weighted by molar-refractivity contribution is -0.123. The van der Waals surface area contributed by atoms with E-state index in [0.717, 1.165) is 10.7 Å². The van der Waals surface area contributed by atoms with E-state index in [1.807, 2.05) is 12.3 Å². The molecule has 0 radical (unpaired) electrons. The molecule has 6 nitrogen and oxygen atoms in total. The van der Waals surface area contributed by atoms with Gasteiger partial charge in [0.25, 0.3) is 0 Å². The maximum Gasteiger partial charge on any atom is 0.243 e. The van der Waals surface area contributed by atoms with Gasteiger partial charge in [-0.05, 0) is 56.2 Å². The van der Waals surface area contributed by atoms with Crippen molar-refractivity contribution in [2.45, 2.75) is 31.2 Å². The van der Waals surface area contributed by atoms with Crippen molar-refractivity contribution in [2.75, 3.05) is 18.0 Å². The van der Waals surface area contributed by atoms with Crippen LogP contribution < -0.4 is 4.90 Å². The minimum atomic E-state index is -3.58.